The Labute approximate surface area is 190 Å². The number of benzene rings is 2. The Kier molecular flexibility index (Phi) is 5.87. The van der Waals surface area contributed by atoms with Crippen molar-refractivity contribution in [3.63, 3.8) is 0 Å². The maximum Gasteiger partial charge on any atom is 0.269 e. The highest BCUT2D eigenvalue weighted by molar-refractivity contribution is 7.11. The highest BCUT2D eigenvalue weighted by Gasteiger charge is 2.12. The fraction of sp³-hybridized carbons (Fsp3) is 0. The average molecular weight is 468 g/mol. The van der Waals surface area contributed by atoms with Crippen molar-refractivity contribution in [3.8, 4) is 28.7 Å². The van der Waals surface area contributed by atoms with Crippen LogP contribution in [0.4, 0.5) is 5.69 Å². The number of nitro groups is 1. The Morgan fingerprint density at radius 2 is 1.81 bits per heavy atom. The van der Waals surface area contributed by atoms with Crippen LogP contribution in [0.25, 0.3) is 34.2 Å². The van der Waals surface area contributed by atoms with Crippen LogP contribution in [0.2, 0.25) is 10.0 Å². The normalized spacial score (nSPS) is 11.3. The molecule has 0 saturated heterocycles. The molecule has 0 aliphatic carbocycles. The second kappa shape index (κ2) is 8.74. The number of aromatic nitrogens is 1. The van der Waals surface area contributed by atoms with Crippen LogP contribution in [0.3, 0.4) is 0 Å². The Hall–Kier alpha value is -3.44. The molecule has 0 fully saturated rings. The number of nitrogens with zero attached hydrogens (tertiary/aromatic N) is 3. The number of hydrogen-bond acceptors (Lipinski definition) is 6. The summed E-state index contributed by atoms with van der Waals surface area (Å²) in [6.45, 7) is 0. The molecule has 4 rings (SSSR count). The van der Waals surface area contributed by atoms with Gasteiger partial charge in [-0.15, -0.1) is 11.3 Å². The lowest BCUT2D eigenvalue weighted by Crippen LogP contribution is -1.87. The van der Waals surface area contributed by atoms with E-state index in [1.807, 2.05) is 0 Å². The zero-order valence-corrected chi connectivity index (χ0v) is 17.9. The van der Waals surface area contributed by atoms with Gasteiger partial charge in [0.05, 0.1) is 16.2 Å². The van der Waals surface area contributed by atoms with E-state index in [4.69, 9.17) is 27.6 Å². The molecule has 6 nitrogen and oxygen atoms in total. The van der Waals surface area contributed by atoms with Crippen molar-refractivity contribution in [3.05, 3.63) is 90.9 Å². The van der Waals surface area contributed by atoms with Crippen molar-refractivity contribution in [2.75, 3.05) is 0 Å². The Morgan fingerprint density at radius 1 is 1.10 bits per heavy atom. The van der Waals surface area contributed by atoms with E-state index < -0.39 is 4.92 Å². The smallest absolute Gasteiger partial charge is 0.269 e. The molecule has 0 bridgehead atoms. The number of halogens is 2. The van der Waals surface area contributed by atoms with Gasteiger partial charge < -0.3 is 4.42 Å². The van der Waals surface area contributed by atoms with E-state index in [-0.39, 0.29) is 5.69 Å². The highest BCUT2D eigenvalue weighted by atomic mass is 35.5. The molecule has 31 heavy (non-hydrogen) atoms. The lowest BCUT2D eigenvalue weighted by molar-refractivity contribution is -0.384. The fourth-order valence-electron chi connectivity index (χ4n) is 2.85. The molecule has 2 heterocycles. The molecule has 0 radical (unpaired) electrons. The van der Waals surface area contributed by atoms with E-state index in [0.29, 0.717) is 37.8 Å². The molecule has 0 unspecified atom stereocenters. The third kappa shape index (κ3) is 4.67. The van der Waals surface area contributed by atoms with Crippen molar-refractivity contribution in [2.24, 2.45) is 0 Å². The first-order valence-electron chi connectivity index (χ1n) is 8.82. The van der Waals surface area contributed by atoms with Gasteiger partial charge in [-0.25, -0.2) is 4.98 Å². The number of hydrogen-bond donors (Lipinski definition) is 0. The van der Waals surface area contributed by atoms with Gasteiger partial charge in [0.25, 0.3) is 5.69 Å². The summed E-state index contributed by atoms with van der Waals surface area (Å²) >= 11 is 13.4. The molecular formula is C22H11Cl2N3O3S. The predicted molar refractivity (Wildman–Crippen MR) is 122 cm³/mol. The first kappa shape index (κ1) is 20.8. The van der Waals surface area contributed by atoms with Gasteiger partial charge in [0.2, 0.25) is 0 Å². The SMILES string of the molecule is N#C/C(=C\c1ccc(-c2cc(Cl)cc(Cl)c2)o1)c1nc(-c2ccc([N+](=O)[O-])cc2)cs1. The molecule has 0 N–H and O–H groups in total. The summed E-state index contributed by atoms with van der Waals surface area (Å²) < 4.78 is 5.83. The van der Waals surface area contributed by atoms with Crippen molar-refractivity contribution in [2.45, 2.75) is 0 Å². The van der Waals surface area contributed by atoms with E-state index in [1.54, 1.807) is 53.9 Å². The molecule has 0 spiro atoms. The highest BCUT2D eigenvalue weighted by Crippen LogP contribution is 2.31. The molecule has 2 aromatic carbocycles. The minimum atomic E-state index is -0.457. The summed E-state index contributed by atoms with van der Waals surface area (Å²) in [5.41, 5.74) is 2.42. The third-order valence-corrected chi connectivity index (χ3v) is 5.60. The van der Waals surface area contributed by atoms with E-state index in [9.17, 15) is 15.4 Å². The first-order chi connectivity index (χ1) is 14.9. The first-order valence-corrected chi connectivity index (χ1v) is 10.5. The third-order valence-electron chi connectivity index (χ3n) is 4.29. The predicted octanol–water partition coefficient (Wildman–Crippen LogP) is 7.35. The van der Waals surface area contributed by atoms with Crippen molar-refractivity contribution < 1.29 is 9.34 Å². The molecule has 0 amide bonds. The number of nitro benzene ring substituents is 1. The van der Waals surface area contributed by atoms with Crippen LogP contribution in [0.15, 0.2) is 64.4 Å². The second-order valence-electron chi connectivity index (χ2n) is 6.37. The Bertz CT molecular complexity index is 1330. The van der Waals surface area contributed by atoms with Gasteiger partial charge in [0.15, 0.2) is 0 Å². The summed E-state index contributed by atoms with van der Waals surface area (Å²) in [5.74, 6) is 1.05. The minimum Gasteiger partial charge on any atom is -0.457 e. The number of nitriles is 1. The molecule has 2 aromatic heterocycles. The van der Waals surface area contributed by atoms with Crippen LogP contribution < -0.4 is 0 Å². The number of thiazole rings is 1. The van der Waals surface area contributed by atoms with Gasteiger partial charge in [-0.05, 0) is 42.5 Å². The lowest BCUT2D eigenvalue weighted by Gasteiger charge is -1.99. The van der Waals surface area contributed by atoms with Crippen LogP contribution in [-0.4, -0.2) is 9.91 Å². The van der Waals surface area contributed by atoms with Crippen LogP contribution in [0.5, 0.6) is 0 Å². The topological polar surface area (TPSA) is 93.0 Å². The largest absolute Gasteiger partial charge is 0.457 e. The summed E-state index contributed by atoms with van der Waals surface area (Å²) in [6, 6.07) is 16.9. The van der Waals surface area contributed by atoms with E-state index in [2.05, 4.69) is 11.1 Å². The van der Waals surface area contributed by atoms with E-state index in [0.717, 1.165) is 11.1 Å². The fourth-order valence-corrected chi connectivity index (χ4v) is 4.17. The van der Waals surface area contributed by atoms with Crippen molar-refractivity contribution in [1.82, 2.24) is 4.98 Å². The lowest BCUT2D eigenvalue weighted by atomic mass is 10.1. The number of non-ortho nitro benzene ring substituents is 1. The summed E-state index contributed by atoms with van der Waals surface area (Å²) in [5, 5.41) is 23.7. The standard InChI is InChI=1S/C22H11Cl2N3O3S/c23-16-7-14(8-17(24)10-16)21-6-5-19(30-21)9-15(11-25)22-26-20(12-31-22)13-1-3-18(4-2-13)27(28)29/h1-10,12H/b15-9+. The average Bonchev–Trinajstić information content (AvgIpc) is 3.41. The van der Waals surface area contributed by atoms with Crippen LogP contribution in [0, 0.1) is 21.4 Å². The van der Waals surface area contributed by atoms with Gasteiger partial charge in [-0.3, -0.25) is 10.1 Å². The van der Waals surface area contributed by atoms with Crippen molar-refractivity contribution in [1.29, 1.82) is 5.26 Å². The molecule has 0 saturated carbocycles. The van der Waals surface area contributed by atoms with Crippen molar-refractivity contribution >= 4 is 51.9 Å². The molecule has 0 aliphatic heterocycles. The van der Waals surface area contributed by atoms with E-state index in [1.165, 1.54) is 23.5 Å². The van der Waals surface area contributed by atoms with E-state index >= 15 is 0 Å². The molecule has 152 valence electrons. The number of allylic oxidation sites excluding steroid dienone is 1. The Morgan fingerprint density at radius 3 is 2.45 bits per heavy atom. The van der Waals surface area contributed by atoms with Gasteiger partial charge >= 0.3 is 0 Å². The zero-order chi connectivity index (χ0) is 22.0. The minimum absolute atomic E-state index is 0.00595. The number of furan rings is 1. The molecular weight excluding hydrogens is 457 g/mol. The summed E-state index contributed by atoms with van der Waals surface area (Å²) in [4.78, 5) is 14.8. The molecule has 4 aromatic rings. The van der Waals surface area contributed by atoms with Gasteiger partial charge in [-0.2, -0.15) is 5.26 Å². The van der Waals surface area contributed by atoms with Crippen LogP contribution in [-0.2, 0) is 0 Å². The maximum absolute atomic E-state index is 10.8. The quantitative estimate of drug-likeness (QED) is 0.173. The molecule has 9 heteroatoms. The van der Waals surface area contributed by atoms with Crippen LogP contribution >= 0.6 is 34.5 Å². The number of rotatable bonds is 5. The zero-order valence-electron chi connectivity index (χ0n) is 15.6. The Balaban J connectivity index is 1.60. The summed E-state index contributed by atoms with van der Waals surface area (Å²) in [6.07, 6.45) is 1.61. The van der Waals surface area contributed by atoms with Gasteiger partial charge in [-0.1, -0.05) is 23.2 Å². The van der Waals surface area contributed by atoms with Crippen LogP contribution in [0.1, 0.15) is 10.8 Å². The molecule has 0 atom stereocenters. The monoisotopic (exact) mass is 467 g/mol. The molecule has 0 aliphatic rings. The summed E-state index contributed by atoms with van der Waals surface area (Å²) in [7, 11) is 0. The van der Waals surface area contributed by atoms with Gasteiger partial charge in [0.1, 0.15) is 22.6 Å². The van der Waals surface area contributed by atoms with Gasteiger partial charge in [0, 0.05) is 44.8 Å². The second-order valence-corrected chi connectivity index (χ2v) is 8.10. The maximum atomic E-state index is 10.8.